The van der Waals surface area contributed by atoms with Gasteiger partial charge in [0.25, 0.3) is 5.91 Å². The van der Waals surface area contributed by atoms with Crippen molar-refractivity contribution in [1.29, 1.82) is 0 Å². The van der Waals surface area contributed by atoms with Crippen molar-refractivity contribution in [3.63, 3.8) is 0 Å². The Morgan fingerprint density at radius 2 is 2.17 bits per heavy atom. The fourth-order valence-electron chi connectivity index (χ4n) is 1.23. The molecule has 1 aliphatic rings. The van der Waals surface area contributed by atoms with Gasteiger partial charge in [-0.15, -0.1) is 0 Å². The molecule has 0 aliphatic carbocycles. The van der Waals surface area contributed by atoms with E-state index in [1.54, 1.807) is 12.3 Å². The average molecular weight is 268 g/mol. The van der Waals surface area contributed by atoms with Crippen molar-refractivity contribution >= 4 is 35.1 Å². The Hall–Kier alpha value is -2.35. The van der Waals surface area contributed by atoms with Gasteiger partial charge in [0.15, 0.2) is 22.5 Å². The van der Waals surface area contributed by atoms with Crippen LogP contribution >= 0.6 is 11.6 Å². The standard InChI is InChI=1S/C9H10ClN7O/c10-5-7(12)16-6(11)4(15-5)8(18)17-9-13-2-1-3-14-9/h1-2H,3H2,(H4,11,12,16)(H2,13,14,17,18). The van der Waals surface area contributed by atoms with Gasteiger partial charge in [0.05, 0.1) is 6.54 Å². The fraction of sp³-hybridized carbons (Fsp3) is 0.111. The molecule has 18 heavy (non-hydrogen) atoms. The number of hydrogen-bond acceptors (Lipinski definition) is 7. The van der Waals surface area contributed by atoms with E-state index >= 15 is 0 Å². The lowest BCUT2D eigenvalue weighted by molar-refractivity contribution is 0.0972. The van der Waals surface area contributed by atoms with Gasteiger partial charge in [-0.1, -0.05) is 11.6 Å². The highest BCUT2D eigenvalue weighted by molar-refractivity contribution is 6.31. The van der Waals surface area contributed by atoms with E-state index in [1.807, 2.05) is 0 Å². The molecular weight excluding hydrogens is 258 g/mol. The number of amides is 1. The summed E-state index contributed by atoms with van der Waals surface area (Å²) >= 11 is 5.68. The van der Waals surface area contributed by atoms with E-state index in [1.165, 1.54) is 0 Å². The smallest absolute Gasteiger partial charge is 0.280 e. The number of carbonyl (C=O) groups excluding carboxylic acids is 1. The van der Waals surface area contributed by atoms with E-state index in [0.29, 0.717) is 12.5 Å². The molecule has 0 bridgehead atoms. The van der Waals surface area contributed by atoms with Crippen LogP contribution < -0.4 is 22.1 Å². The molecule has 1 aromatic heterocycles. The number of aliphatic imine (C=N–C) groups is 1. The number of anilines is 2. The molecule has 1 aromatic rings. The molecule has 94 valence electrons. The minimum Gasteiger partial charge on any atom is -0.382 e. The van der Waals surface area contributed by atoms with E-state index in [9.17, 15) is 4.79 Å². The lowest BCUT2D eigenvalue weighted by atomic mass is 10.4. The summed E-state index contributed by atoms with van der Waals surface area (Å²) in [7, 11) is 0. The normalized spacial score (nSPS) is 13.7. The number of hydrogen-bond donors (Lipinski definition) is 4. The van der Waals surface area contributed by atoms with Crippen LogP contribution in [-0.4, -0.2) is 28.4 Å². The number of nitrogens with zero attached hydrogens (tertiary/aromatic N) is 3. The summed E-state index contributed by atoms with van der Waals surface area (Å²) in [6, 6.07) is 0. The molecule has 0 spiro atoms. The summed E-state index contributed by atoms with van der Waals surface area (Å²) in [5.41, 5.74) is 10.9. The van der Waals surface area contributed by atoms with Crippen molar-refractivity contribution in [2.75, 3.05) is 18.0 Å². The third kappa shape index (κ3) is 2.48. The first-order chi connectivity index (χ1) is 8.58. The van der Waals surface area contributed by atoms with E-state index in [0.717, 1.165) is 0 Å². The molecule has 6 N–H and O–H groups in total. The van der Waals surface area contributed by atoms with Crippen LogP contribution in [-0.2, 0) is 0 Å². The van der Waals surface area contributed by atoms with E-state index in [4.69, 9.17) is 23.1 Å². The molecule has 0 saturated heterocycles. The van der Waals surface area contributed by atoms with Gasteiger partial charge < -0.3 is 16.8 Å². The van der Waals surface area contributed by atoms with E-state index < -0.39 is 5.91 Å². The summed E-state index contributed by atoms with van der Waals surface area (Å²) in [5, 5.41) is 5.17. The number of nitrogen functional groups attached to an aromatic ring is 2. The maximum Gasteiger partial charge on any atom is 0.280 e. The first-order valence-corrected chi connectivity index (χ1v) is 5.31. The van der Waals surface area contributed by atoms with Gasteiger partial charge in [-0.3, -0.25) is 10.1 Å². The van der Waals surface area contributed by atoms with Crippen LogP contribution in [0.1, 0.15) is 10.5 Å². The lowest BCUT2D eigenvalue weighted by Gasteiger charge is -2.11. The molecule has 9 heteroatoms. The zero-order chi connectivity index (χ0) is 13.1. The molecule has 0 radical (unpaired) electrons. The van der Waals surface area contributed by atoms with Crippen molar-refractivity contribution in [3.05, 3.63) is 23.1 Å². The van der Waals surface area contributed by atoms with Crippen molar-refractivity contribution < 1.29 is 4.79 Å². The number of aromatic nitrogens is 2. The molecule has 0 fully saturated rings. The van der Waals surface area contributed by atoms with E-state index in [-0.39, 0.29) is 22.5 Å². The van der Waals surface area contributed by atoms with Gasteiger partial charge >= 0.3 is 0 Å². The first kappa shape index (κ1) is 12.1. The third-order valence-electron chi connectivity index (χ3n) is 2.04. The van der Waals surface area contributed by atoms with Crippen molar-refractivity contribution in [1.82, 2.24) is 20.6 Å². The van der Waals surface area contributed by atoms with Crippen LogP contribution in [0, 0.1) is 0 Å². The predicted octanol–water partition coefficient (Wildman–Crippen LogP) is -0.503. The van der Waals surface area contributed by atoms with Crippen molar-refractivity contribution in [2.45, 2.75) is 0 Å². The molecule has 2 rings (SSSR count). The number of guanidine groups is 1. The number of carbonyl (C=O) groups is 1. The summed E-state index contributed by atoms with van der Waals surface area (Å²) in [6.45, 7) is 0.478. The Morgan fingerprint density at radius 1 is 1.39 bits per heavy atom. The molecule has 8 nitrogen and oxygen atoms in total. The second kappa shape index (κ2) is 4.88. The molecule has 0 unspecified atom stereocenters. The SMILES string of the molecule is Nc1nc(N)c(C(=O)NC2=NCC=CN2)nc1Cl. The highest BCUT2D eigenvalue weighted by Gasteiger charge is 2.17. The molecule has 0 saturated carbocycles. The molecule has 2 heterocycles. The highest BCUT2D eigenvalue weighted by atomic mass is 35.5. The van der Waals surface area contributed by atoms with Crippen molar-refractivity contribution in [2.24, 2.45) is 4.99 Å². The van der Waals surface area contributed by atoms with Gasteiger partial charge in [0.1, 0.15) is 0 Å². The van der Waals surface area contributed by atoms with Crippen LogP contribution in [0.5, 0.6) is 0 Å². The van der Waals surface area contributed by atoms with Crippen LogP contribution in [0.3, 0.4) is 0 Å². The predicted molar refractivity (Wildman–Crippen MR) is 67.9 cm³/mol. The second-order valence-electron chi connectivity index (χ2n) is 3.32. The van der Waals surface area contributed by atoms with Gasteiger partial charge in [-0.25, -0.2) is 15.0 Å². The van der Waals surface area contributed by atoms with Crippen LogP contribution in [0.2, 0.25) is 5.15 Å². The van der Waals surface area contributed by atoms with Crippen LogP contribution in [0.4, 0.5) is 11.6 Å². The fourth-order valence-corrected chi connectivity index (χ4v) is 1.36. The number of halogens is 1. The summed E-state index contributed by atoms with van der Waals surface area (Å²) in [6.07, 6.45) is 3.46. The van der Waals surface area contributed by atoms with Crippen LogP contribution in [0.25, 0.3) is 0 Å². The van der Waals surface area contributed by atoms with Gasteiger partial charge in [0, 0.05) is 6.20 Å². The molecular formula is C9H10ClN7O. The van der Waals surface area contributed by atoms with Crippen molar-refractivity contribution in [3.8, 4) is 0 Å². The zero-order valence-corrected chi connectivity index (χ0v) is 9.90. The molecule has 0 atom stereocenters. The molecule has 1 amide bonds. The average Bonchev–Trinajstić information content (AvgIpc) is 2.35. The summed E-state index contributed by atoms with van der Waals surface area (Å²) in [5.74, 6) is -0.386. The van der Waals surface area contributed by atoms with Gasteiger partial charge in [-0.2, -0.15) is 0 Å². The maximum atomic E-state index is 11.9. The maximum absolute atomic E-state index is 11.9. The first-order valence-electron chi connectivity index (χ1n) is 4.93. The van der Waals surface area contributed by atoms with E-state index in [2.05, 4.69) is 25.6 Å². The number of rotatable bonds is 1. The Bertz CT molecular complexity index is 554. The Kier molecular flexibility index (Phi) is 3.28. The minimum atomic E-state index is -0.566. The number of nitrogens with one attached hydrogen (secondary N) is 2. The number of nitrogens with two attached hydrogens (primary N) is 2. The Labute approximate surface area is 107 Å². The largest absolute Gasteiger partial charge is 0.382 e. The summed E-state index contributed by atoms with van der Waals surface area (Å²) < 4.78 is 0. The van der Waals surface area contributed by atoms with Crippen LogP contribution in [0.15, 0.2) is 17.3 Å². The summed E-state index contributed by atoms with van der Waals surface area (Å²) in [4.78, 5) is 23.4. The molecule has 0 aromatic carbocycles. The topological polar surface area (TPSA) is 131 Å². The second-order valence-corrected chi connectivity index (χ2v) is 3.68. The quantitative estimate of drug-likeness (QED) is 0.542. The minimum absolute atomic E-state index is 0.0261. The van der Waals surface area contributed by atoms with Gasteiger partial charge in [-0.05, 0) is 6.08 Å². The zero-order valence-electron chi connectivity index (χ0n) is 9.14. The highest BCUT2D eigenvalue weighted by Crippen LogP contribution is 2.17. The van der Waals surface area contributed by atoms with Gasteiger partial charge in [0.2, 0.25) is 5.96 Å². The Morgan fingerprint density at radius 3 is 2.83 bits per heavy atom. The third-order valence-corrected chi connectivity index (χ3v) is 2.32. The monoisotopic (exact) mass is 267 g/mol. The lowest BCUT2D eigenvalue weighted by Crippen LogP contribution is -2.40. The Balaban J connectivity index is 2.18. The molecule has 1 aliphatic heterocycles.